The number of hydrogen-bond donors (Lipinski definition) is 2. The van der Waals surface area contributed by atoms with Gasteiger partial charge in [-0.05, 0) is 24.8 Å². The molecular formula is C20H24N4O5. The molecule has 1 saturated carbocycles. The van der Waals surface area contributed by atoms with Gasteiger partial charge in [-0.25, -0.2) is 4.79 Å². The van der Waals surface area contributed by atoms with E-state index in [0.717, 1.165) is 16.9 Å². The second-order valence-corrected chi connectivity index (χ2v) is 7.13. The average Bonchev–Trinajstić information content (AvgIpc) is 3.43. The molecule has 1 heterocycles. The summed E-state index contributed by atoms with van der Waals surface area (Å²) in [4.78, 5) is 52.5. The molecule has 0 unspecified atom stereocenters. The third kappa shape index (κ3) is 4.39. The van der Waals surface area contributed by atoms with E-state index in [1.807, 2.05) is 37.3 Å². The smallest absolute Gasteiger partial charge is 0.330 e. The zero-order chi connectivity index (χ0) is 21.1. The maximum absolute atomic E-state index is 12.6. The highest BCUT2D eigenvalue weighted by Gasteiger charge is 2.40. The molecule has 9 nitrogen and oxygen atoms in total. The molecule has 29 heavy (non-hydrogen) atoms. The van der Waals surface area contributed by atoms with E-state index in [1.165, 1.54) is 4.57 Å². The van der Waals surface area contributed by atoms with Crippen molar-refractivity contribution in [2.24, 2.45) is 11.8 Å². The summed E-state index contributed by atoms with van der Waals surface area (Å²) in [5, 5.41) is 0. The zero-order valence-corrected chi connectivity index (χ0v) is 16.4. The molecule has 0 saturated heterocycles. The van der Waals surface area contributed by atoms with Crippen molar-refractivity contribution in [3.05, 3.63) is 56.7 Å². The van der Waals surface area contributed by atoms with Crippen molar-refractivity contribution >= 4 is 23.4 Å². The molecule has 1 aromatic heterocycles. The first-order chi connectivity index (χ1) is 13.8. The normalized spacial score (nSPS) is 17.6. The van der Waals surface area contributed by atoms with Crippen molar-refractivity contribution in [3.8, 4) is 0 Å². The lowest BCUT2D eigenvalue weighted by Crippen LogP contribution is -2.42. The minimum absolute atomic E-state index is 0.118. The number of anilines is 2. The highest BCUT2D eigenvalue weighted by Crippen LogP contribution is 2.38. The topological polar surface area (TPSA) is 127 Å². The Morgan fingerprint density at radius 3 is 2.52 bits per heavy atom. The summed E-state index contributed by atoms with van der Waals surface area (Å²) in [6.07, 6.45) is 0.752. The van der Waals surface area contributed by atoms with Crippen molar-refractivity contribution in [3.63, 3.8) is 0 Å². The Bertz CT molecular complexity index is 1030. The number of nitrogen functional groups attached to an aromatic ring is 1. The number of carbonyl (C=O) groups is 2. The van der Waals surface area contributed by atoms with Crippen molar-refractivity contribution in [2.75, 3.05) is 23.8 Å². The van der Waals surface area contributed by atoms with Crippen molar-refractivity contribution in [2.45, 2.75) is 26.8 Å². The number of nitrogens with zero attached hydrogens (tertiary/aromatic N) is 2. The van der Waals surface area contributed by atoms with E-state index >= 15 is 0 Å². The van der Waals surface area contributed by atoms with Crippen molar-refractivity contribution < 1.29 is 14.3 Å². The lowest BCUT2D eigenvalue weighted by atomic mass is 10.2. The standard InChI is InChI=1S/C20H24N4O5/c1-3-23(15(25)11-29-19(27)14-9-12(14)2)16-17(21)24(20(28)22-18(16)26)10-13-7-5-4-6-8-13/h4-8,12,14H,3,9-11,21H2,1-2H3,(H,22,26,28)/t12-,14+/m1/s1. The quantitative estimate of drug-likeness (QED) is 0.659. The number of H-pyrrole nitrogens is 1. The summed E-state index contributed by atoms with van der Waals surface area (Å²) in [6, 6.07) is 9.12. The fourth-order valence-corrected chi connectivity index (χ4v) is 3.19. The van der Waals surface area contributed by atoms with Crippen LogP contribution in [-0.4, -0.2) is 34.6 Å². The van der Waals surface area contributed by atoms with E-state index in [0.29, 0.717) is 0 Å². The van der Waals surface area contributed by atoms with Crippen LogP contribution in [0.25, 0.3) is 0 Å². The summed E-state index contributed by atoms with van der Waals surface area (Å²) < 4.78 is 6.27. The van der Waals surface area contributed by atoms with E-state index in [2.05, 4.69) is 4.98 Å². The van der Waals surface area contributed by atoms with E-state index in [9.17, 15) is 19.2 Å². The Hall–Kier alpha value is -3.36. The van der Waals surface area contributed by atoms with Crippen LogP contribution in [0.15, 0.2) is 39.9 Å². The summed E-state index contributed by atoms with van der Waals surface area (Å²) in [7, 11) is 0. The molecule has 0 spiro atoms. The Balaban J connectivity index is 1.85. The first-order valence-electron chi connectivity index (χ1n) is 9.47. The lowest BCUT2D eigenvalue weighted by Gasteiger charge is -2.23. The Labute approximate surface area is 167 Å². The molecule has 3 N–H and O–H groups in total. The number of rotatable bonds is 7. The Kier molecular flexibility index (Phi) is 5.86. The van der Waals surface area contributed by atoms with Gasteiger partial charge < -0.3 is 15.4 Å². The molecule has 0 bridgehead atoms. The fourth-order valence-electron chi connectivity index (χ4n) is 3.19. The highest BCUT2D eigenvalue weighted by atomic mass is 16.5. The van der Waals surface area contributed by atoms with Gasteiger partial charge in [-0.2, -0.15) is 0 Å². The van der Waals surface area contributed by atoms with E-state index in [1.54, 1.807) is 6.92 Å². The number of aromatic nitrogens is 2. The molecule has 154 valence electrons. The van der Waals surface area contributed by atoms with Gasteiger partial charge in [-0.3, -0.25) is 23.9 Å². The summed E-state index contributed by atoms with van der Waals surface area (Å²) in [5.74, 6) is -1.03. The van der Waals surface area contributed by atoms with Gasteiger partial charge in [-0.1, -0.05) is 37.3 Å². The first kappa shape index (κ1) is 20.4. The van der Waals surface area contributed by atoms with Gasteiger partial charge in [0.1, 0.15) is 5.82 Å². The third-order valence-electron chi connectivity index (χ3n) is 5.03. The molecule has 0 radical (unpaired) electrons. The minimum atomic E-state index is -0.769. The van der Waals surface area contributed by atoms with Gasteiger partial charge in [0.25, 0.3) is 11.5 Å². The van der Waals surface area contributed by atoms with Crippen LogP contribution in [0.5, 0.6) is 0 Å². The molecule has 1 aliphatic rings. The minimum Gasteiger partial charge on any atom is -0.455 e. The molecule has 2 aromatic rings. The van der Waals surface area contributed by atoms with Crippen LogP contribution in [0.1, 0.15) is 25.8 Å². The van der Waals surface area contributed by atoms with Crippen LogP contribution >= 0.6 is 0 Å². The molecule has 2 atom stereocenters. The van der Waals surface area contributed by atoms with Crippen LogP contribution < -0.4 is 21.9 Å². The van der Waals surface area contributed by atoms with Gasteiger partial charge in [0.05, 0.1) is 12.5 Å². The Morgan fingerprint density at radius 2 is 1.93 bits per heavy atom. The summed E-state index contributed by atoms with van der Waals surface area (Å²) in [6.45, 7) is 3.35. The fraction of sp³-hybridized carbons (Fsp3) is 0.400. The number of esters is 1. The molecule has 1 amide bonds. The number of likely N-dealkylation sites (N-methyl/N-ethyl adjacent to an activating group) is 1. The van der Waals surface area contributed by atoms with Gasteiger partial charge in [-0.15, -0.1) is 0 Å². The van der Waals surface area contributed by atoms with Crippen LogP contribution in [0.3, 0.4) is 0 Å². The Morgan fingerprint density at radius 1 is 1.28 bits per heavy atom. The lowest BCUT2D eigenvalue weighted by molar-refractivity contribution is -0.149. The van der Waals surface area contributed by atoms with Crippen LogP contribution in [0.4, 0.5) is 11.5 Å². The number of benzene rings is 1. The number of aromatic amines is 1. The van der Waals surface area contributed by atoms with Crippen LogP contribution in [-0.2, 0) is 20.9 Å². The molecule has 9 heteroatoms. The second-order valence-electron chi connectivity index (χ2n) is 7.13. The van der Waals surface area contributed by atoms with E-state index < -0.39 is 29.7 Å². The number of nitrogens with two attached hydrogens (primary N) is 1. The zero-order valence-electron chi connectivity index (χ0n) is 16.4. The van der Waals surface area contributed by atoms with Crippen molar-refractivity contribution in [1.82, 2.24) is 9.55 Å². The number of carbonyl (C=O) groups excluding carboxylic acids is 2. The number of ether oxygens (including phenoxy) is 1. The maximum Gasteiger partial charge on any atom is 0.330 e. The highest BCUT2D eigenvalue weighted by molar-refractivity contribution is 5.97. The second kappa shape index (κ2) is 8.34. The van der Waals surface area contributed by atoms with Crippen LogP contribution in [0.2, 0.25) is 0 Å². The van der Waals surface area contributed by atoms with Gasteiger partial charge in [0, 0.05) is 6.54 Å². The maximum atomic E-state index is 12.6. The summed E-state index contributed by atoms with van der Waals surface area (Å²) in [5.41, 5.74) is 5.35. The molecular weight excluding hydrogens is 376 g/mol. The predicted molar refractivity (Wildman–Crippen MR) is 108 cm³/mol. The largest absolute Gasteiger partial charge is 0.455 e. The predicted octanol–water partition coefficient (Wildman–Crippen LogP) is 0.719. The van der Waals surface area contributed by atoms with Crippen molar-refractivity contribution in [1.29, 1.82) is 0 Å². The van der Waals surface area contributed by atoms with Gasteiger partial charge >= 0.3 is 11.7 Å². The van der Waals surface area contributed by atoms with Gasteiger partial charge in [0.15, 0.2) is 12.3 Å². The van der Waals surface area contributed by atoms with Crippen LogP contribution in [0, 0.1) is 11.8 Å². The van der Waals surface area contributed by atoms with E-state index in [-0.39, 0.29) is 36.4 Å². The SMILES string of the molecule is CCN(C(=O)COC(=O)[C@H]1C[C@H]1C)c1c(N)n(Cc2ccccc2)c(=O)[nH]c1=O. The number of nitrogens with one attached hydrogen (secondary N) is 1. The molecule has 1 fully saturated rings. The monoisotopic (exact) mass is 400 g/mol. The molecule has 1 aromatic carbocycles. The first-order valence-corrected chi connectivity index (χ1v) is 9.47. The summed E-state index contributed by atoms with van der Waals surface area (Å²) >= 11 is 0. The molecule has 1 aliphatic carbocycles. The number of hydrogen-bond acceptors (Lipinski definition) is 6. The van der Waals surface area contributed by atoms with Gasteiger partial charge in [0.2, 0.25) is 0 Å². The van der Waals surface area contributed by atoms with E-state index in [4.69, 9.17) is 10.5 Å². The molecule has 3 rings (SSSR count). The third-order valence-corrected chi connectivity index (χ3v) is 5.03. The average molecular weight is 400 g/mol. The molecule has 0 aliphatic heterocycles. The number of amides is 1.